The SMILES string of the molecule is O=C1CCC(N2C(=O)c3ccc(CN(CC4CC4)C4CCNC4)cc3C2=O)C(=O)N1. The molecule has 1 saturated carbocycles. The van der Waals surface area contributed by atoms with Gasteiger partial charge in [-0.05, 0) is 55.8 Å². The van der Waals surface area contributed by atoms with Gasteiger partial charge in [-0.2, -0.15) is 0 Å². The Morgan fingerprint density at radius 1 is 1.00 bits per heavy atom. The molecule has 0 bridgehead atoms. The van der Waals surface area contributed by atoms with Crippen molar-refractivity contribution in [2.75, 3.05) is 19.6 Å². The molecule has 30 heavy (non-hydrogen) atoms. The molecule has 3 fully saturated rings. The molecule has 1 aliphatic carbocycles. The van der Waals surface area contributed by atoms with Crippen LogP contribution in [-0.4, -0.2) is 65.1 Å². The average Bonchev–Trinajstić information content (AvgIpc) is 3.30. The van der Waals surface area contributed by atoms with Crippen LogP contribution in [0.15, 0.2) is 18.2 Å². The van der Waals surface area contributed by atoms with E-state index in [1.165, 1.54) is 12.8 Å². The maximum Gasteiger partial charge on any atom is 0.262 e. The lowest BCUT2D eigenvalue weighted by Crippen LogP contribution is -2.54. The zero-order chi connectivity index (χ0) is 20.8. The van der Waals surface area contributed by atoms with E-state index in [0.717, 1.165) is 49.0 Å². The fraction of sp³-hybridized carbons (Fsp3) is 0.545. The maximum atomic E-state index is 13.0. The van der Waals surface area contributed by atoms with Crippen LogP contribution >= 0.6 is 0 Å². The van der Waals surface area contributed by atoms with Gasteiger partial charge in [-0.15, -0.1) is 0 Å². The van der Waals surface area contributed by atoms with Crippen LogP contribution in [0.2, 0.25) is 0 Å². The highest BCUT2D eigenvalue weighted by molar-refractivity contribution is 6.23. The fourth-order valence-corrected chi connectivity index (χ4v) is 4.78. The monoisotopic (exact) mass is 410 g/mol. The van der Waals surface area contributed by atoms with Crippen LogP contribution in [0.3, 0.4) is 0 Å². The van der Waals surface area contributed by atoms with E-state index >= 15 is 0 Å². The van der Waals surface area contributed by atoms with Gasteiger partial charge in [0.2, 0.25) is 11.8 Å². The van der Waals surface area contributed by atoms with Crippen molar-refractivity contribution in [1.82, 2.24) is 20.4 Å². The molecule has 4 aliphatic rings. The largest absolute Gasteiger partial charge is 0.315 e. The Bertz CT molecular complexity index is 920. The number of imide groups is 2. The second kappa shape index (κ2) is 7.59. The standard InChI is InChI=1S/C22H26N4O4/c27-19-6-5-18(20(28)24-19)26-21(29)16-4-3-14(9-17(16)22(26)30)12-25(11-13-1-2-13)15-7-8-23-10-15/h3-4,9,13,15,18,23H,1-2,5-8,10-12H2,(H,24,27,28). The minimum absolute atomic E-state index is 0.126. The third-order valence-corrected chi connectivity index (χ3v) is 6.63. The highest BCUT2D eigenvalue weighted by Gasteiger charge is 2.44. The number of benzene rings is 1. The summed E-state index contributed by atoms with van der Waals surface area (Å²) in [5, 5.41) is 5.66. The Morgan fingerprint density at radius 3 is 2.50 bits per heavy atom. The first kappa shape index (κ1) is 19.4. The third kappa shape index (κ3) is 3.54. The van der Waals surface area contributed by atoms with E-state index in [9.17, 15) is 19.2 Å². The van der Waals surface area contributed by atoms with Crippen molar-refractivity contribution in [3.63, 3.8) is 0 Å². The lowest BCUT2D eigenvalue weighted by Gasteiger charge is -2.28. The molecule has 1 aromatic rings. The van der Waals surface area contributed by atoms with Gasteiger partial charge in [0.25, 0.3) is 11.8 Å². The van der Waals surface area contributed by atoms with Crippen molar-refractivity contribution in [2.45, 2.75) is 50.7 Å². The van der Waals surface area contributed by atoms with Gasteiger partial charge < -0.3 is 5.32 Å². The topological polar surface area (TPSA) is 98.8 Å². The summed E-state index contributed by atoms with van der Waals surface area (Å²) >= 11 is 0. The Labute approximate surface area is 175 Å². The molecule has 2 atom stereocenters. The van der Waals surface area contributed by atoms with Gasteiger partial charge in [0.15, 0.2) is 0 Å². The molecule has 0 spiro atoms. The number of amides is 4. The minimum atomic E-state index is -0.922. The van der Waals surface area contributed by atoms with Crippen LogP contribution in [0.4, 0.5) is 0 Å². The molecule has 3 aliphatic heterocycles. The normalized spacial score (nSPS) is 26.5. The van der Waals surface area contributed by atoms with Gasteiger partial charge >= 0.3 is 0 Å². The second-order valence-electron chi connectivity index (χ2n) is 8.85. The Balaban J connectivity index is 1.36. The molecule has 3 heterocycles. The number of hydrogen-bond acceptors (Lipinski definition) is 6. The van der Waals surface area contributed by atoms with E-state index in [-0.39, 0.29) is 18.7 Å². The minimum Gasteiger partial charge on any atom is -0.315 e. The average molecular weight is 410 g/mol. The van der Waals surface area contributed by atoms with Gasteiger partial charge in [-0.1, -0.05) is 6.07 Å². The molecular formula is C22H26N4O4. The molecule has 5 rings (SSSR count). The van der Waals surface area contributed by atoms with Gasteiger partial charge in [0, 0.05) is 32.1 Å². The van der Waals surface area contributed by atoms with Crippen LogP contribution in [0.1, 0.15) is 58.4 Å². The molecule has 2 unspecified atom stereocenters. The summed E-state index contributed by atoms with van der Waals surface area (Å²) in [5.41, 5.74) is 1.70. The number of hydrogen-bond donors (Lipinski definition) is 2. The molecule has 8 nitrogen and oxygen atoms in total. The number of fused-ring (bicyclic) bond motifs is 1. The molecule has 2 N–H and O–H groups in total. The summed E-state index contributed by atoms with van der Waals surface area (Å²) in [6, 6.07) is 5.01. The van der Waals surface area contributed by atoms with Crippen molar-refractivity contribution in [3.05, 3.63) is 34.9 Å². The van der Waals surface area contributed by atoms with Crippen LogP contribution in [0, 0.1) is 5.92 Å². The smallest absolute Gasteiger partial charge is 0.262 e. The molecule has 8 heteroatoms. The molecule has 4 amide bonds. The quantitative estimate of drug-likeness (QED) is 0.669. The van der Waals surface area contributed by atoms with Gasteiger partial charge in [-0.25, -0.2) is 0 Å². The van der Waals surface area contributed by atoms with Gasteiger partial charge in [0.05, 0.1) is 11.1 Å². The first-order chi connectivity index (χ1) is 14.5. The highest BCUT2D eigenvalue weighted by atomic mass is 16.2. The predicted octanol–water partition coefficient (Wildman–Crippen LogP) is 0.662. The molecule has 158 valence electrons. The highest BCUT2D eigenvalue weighted by Crippen LogP contribution is 2.32. The number of carbonyl (C=O) groups is 4. The Kier molecular flexibility index (Phi) is 4.91. The van der Waals surface area contributed by atoms with Crippen molar-refractivity contribution in [1.29, 1.82) is 0 Å². The fourth-order valence-electron chi connectivity index (χ4n) is 4.78. The Hall–Kier alpha value is -2.58. The van der Waals surface area contributed by atoms with Gasteiger partial charge in [-0.3, -0.25) is 34.3 Å². The Morgan fingerprint density at radius 2 is 1.80 bits per heavy atom. The van der Waals surface area contributed by atoms with E-state index in [1.54, 1.807) is 6.07 Å². The number of nitrogens with zero attached hydrogens (tertiary/aromatic N) is 2. The number of rotatable bonds is 6. The zero-order valence-electron chi connectivity index (χ0n) is 16.9. The number of piperidine rings is 1. The predicted molar refractivity (Wildman–Crippen MR) is 108 cm³/mol. The molecule has 0 radical (unpaired) electrons. The van der Waals surface area contributed by atoms with Crippen molar-refractivity contribution in [2.24, 2.45) is 5.92 Å². The van der Waals surface area contributed by atoms with Crippen LogP contribution < -0.4 is 10.6 Å². The summed E-state index contributed by atoms with van der Waals surface area (Å²) in [6.07, 6.45) is 4.00. The first-order valence-corrected chi connectivity index (χ1v) is 10.8. The van der Waals surface area contributed by atoms with Crippen molar-refractivity contribution in [3.8, 4) is 0 Å². The van der Waals surface area contributed by atoms with E-state index in [1.807, 2.05) is 12.1 Å². The molecular weight excluding hydrogens is 384 g/mol. The summed E-state index contributed by atoms with van der Waals surface area (Å²) < 4.78 is 0. The van der Waals surface area contributed by atoms with Crippen LogP contribution in [0.25, 0.3) is 0 Å². The third-order valence-electron chi connectivity index (χ3n) is 6.63. The molecule has 2 saturated heterocycles. The summed E-state index contributed by atoms with van der Waals surface area (Å²) in [7, 11) is 0. The lowest BCUT2D eigenvalue weighted by atomic mass is 10.0. The summed E-state index contributed by atoms with van der Waals surface area (Å²) in [5.74, 6) is -1.07. The van der Waals surface area contributed by atoms with Crippen molar-refractivity contribution < 1.29 is 19.2 Å². The van der Waals surface area contributed by atoms with Crippen LogP contribution in [0.5, 0.6) is 0 Å². The van der Waals surface area contributed by atoms with E-state index < -0.39 is 23.8 Å². The second-order valence-corrected chi connectivity index (χ2v) is 8.85. The van der Waals surface area contributed by atoms with E-state index in [2.05, 4.69) is 15.5 Å². The summed E-state index contributed by atoms with van der Waals surface area (Å²) in [6.45, 7) is 3.83. The first-order valence-electron chi connectivity index (χ1n) is 10.8. The number of nitrogens with one attached hydrogen (secondary N) is 2. The van der Waals surface area contributed by atoms with E-state index in [0.29, 0.717) is 17.2 Å². The number of carbonyl (C=O) groups excluding carboxylic acids is 4. The maximum absolute atomic E-state index is 13.0. The summed E-state index contributed by atoms with van der Waals surface area (Å²) in [4.78, 5) is 53.0. The van der Waals surface area contributed by atoms with E-state index in [4.69, 9.17) is 0 Å². The molecule has 0 aromatic heterocycles. The zero-order valence-corrected chi connectivity index (χ0v) is 16.9. The van der Waals surface area contributed by atoms with Gasteiger partial charge in [0.1, 0.15) is 6.04 Å². The lowest BCUT2D eigenvalue weighted by molar-refractivity contribution is -0.136. The van der Waals surface area contributed by atoms with Crippen LogP contribution in [-0.2, 0) is 16.1 Å². The van der Waals surface area contributed by atoms with Crippen molar-refractivity contribution >= 4 is 23.6 Å². The molecule has 1 aromatic carbocycles.